The number of imidazole rings is 2. The highest BCUT2D eigenvalue weighted by Crippen LogP contribution is 2.28. The highest BCUT2D eigenvalue weighted by molar-refractivity contribution is 5.87. The number of carbonyl (C=O) groups is 1. The van der Waals surface area contributed by atoms with Gasteiger partial charge in [-0.15, -0.1) is 0 Å². The second kappa shape index (κ2) is 6.15. The van der Waals surface area contributed by atoms with Gasteiger partial charge >= 0.3 is 0 Å². The topological polar surface area (TPSA) is 95.8 Å². The Kier molecular flexibility index (Phi) is 3.83. The molecule has 1 aliphatic rings. The van der Waals surface area contributed by atoms with Crippen molar-refractivity contribution in [3.63, 3.8) is 0 Å². The standard InChI is InChI=1S/C16H20N8O/c1-22-6-5-17-12(22)7-24(11-3-4-11)13(25)8-23(2)16-14-15(19-9-18-14)20-10-21-16/h5-6,9-11H,3-4,7-8H2,1-2H3,(H,18,19,20,21). The minimum atomic E-state index is 0.0688. The highest BCUT2D eigenvalue weighted by atomic mass is 16.2. The molecule has 4 rings (SSSR count). The summed E-state index contributed by atoms with van der Waals surface area (Å²) in [5.41, 5.74) is 1.33. The largest absolute Gasteiger partial charge is 0.348 e. The molecule has 0 bridgehead atoms. The second-order valence-corrected chi connectivity index (χ2v) is 6.36. The normalized spacial score (nSPS) is 14.0. The molecular weight excluding hydrogens is 320 g/mol. The average Bonchev–Trinajstić information content (AvgIpc) is 3.17. The summed E-state index contributed by atoms with van der Waals surface area (Å²) in [6.45, 7) is 0.774. The number of hydrogen-bond donors (Lipinski definition) is 1. The van der Waals surface area contributed by atoms with Crippen molar-refractivity contribution in [3.05, 3.63) is 30.9 Å². The molecule has 25 heavy (non-hydrogen) atoms. The molecule has 0 unspecified atom stereocenters. The average molecular weight is 340 g/mol. The minimum absolute atomic E-state index is 0.0688. The van der Waals surface area contributed by atoms with E-state index >= 15 is 0 Å². The summed E-state index contributed by atoms with van der Waals surface area (Å²) in [6, 6.07) is 0.315. The third-order valence-corrected chi connectivity index (χ3v) is 4.48. The highest BCUT2D eigenvalue weighted by Gasteiger charge is 2.33. The number of amides is 1. The first kappa shape index (κ1) is 15.6. The van der Waals surface area contributed by atoms with Crippen LogP contribution in [0.2, 0.25) is 0 Å². The Balaban J connectivity index is 1.51. The van der Waals surface area contributed by atoms with E-state index in [1.165, 1.54) is 6.33 Å². The van der Waals surface area contributed by atoms with Crippen LogP contribution in [0, 0.1) is 0 Å². The van der Waals surface area contributed by atoms with Crippen LogP contribution in [0.3, 0.4) is 0 Å². The molecular formula is C16H20N8O. The quantitative estimate of drug-likeness (QED) is 0.710. The van der Waals surface area contributed by atoms with Crippen LogP contribution in [0.1, 0.15) is 18.7 Å². The summed E-state index contributed by atoms with van der Waals surface area (Å²) >= 11 is 0. The number of hydrogen-bond acceptors (Lipinski definition) is 6. The monoisotopic (exact) mass is 340 g/mol. The van der Waals surface area contributed by atoms with Gasteiger partial charge in [-0.3, -0.25) is 4.79 Å². The van der Waals surface area contributed by atoms with E-state index in [-0.39, 0.29) is 12.5 Å². The molecule has 0 saturated heterocycles. The van der Waals surface area contributed by atoms with Crippen molar-refractivity contribution in [3.8, 4) is 0 Å². The van der Waals surface area contributed by atoms with Crippen LogP contribution in [0.15, 0.2) is 25.0 Å². The van der Waals surface area contributed by atoms with Gasteiger partial charge in [0.05, 0.1) is 19.4 Å². The summed E-state index contributed by atoms with van der Waals surface area (Å²) in [4.78, 5) is 36.6. The van der Waals surface area contributed by atoms with E-state index in [4.69, 9.17) is 0 Å². The van der Waals surface area contributed by atoms with Gasteiger partial charge in [0.2, 0.25) is 5.91 Å². The molecule has 9 nitrogen and oxygen atoms in total. The number of carbonyl (C=O) groups excluding carboxylic acids is 1. The van der Waals surface area contributed by atoms with E-state index in [1.807, 2.05) is 34.7 Å². The molecule has 3 heterocycles. The summed E-state index contributed by atoms with van der Waals surface area (Å²) in [5.74, 6) is 1.63. The van der Waals surface area contributed by atoms with Crippen molar-refractivity contribution >= 4 is 22.9 Å². The fraction of sp³-hybridized carbons (Fsp3) is 0.438. The summed E-state index contributed by atoms with van der Waals surface area (Å²) in [7, 11) is 3.80. The number of aryl methyl sites for hydroxylation is 1. The number of nitrogens with one attached hydrogen (secondary N) is 1. The van der Waals surface area contributed by atoms with E-state index in [2.05, 4.69) is 24.9 Å². The molecule has 0 radical (unpaired) electrons. The molecule has 1 aliphatic carbocycles. The fourth-order valence-electron chi connectivity index (χ4n) is 2.92. The maximum Gasteiger partial charge on any atom is 0.242 e. The fourth-order valence-corrected chi connectivity index (χ4v) is 2.92. The number of nitrogens with zero attached hydrogens (tertiary/aromatic N) is 7. The van der Waals surface area contributed by atoms with Gasteiger partial charge in [-0.2, -0.15) is 0 Å². The number of H-pyrrole nitrogens is 1. The lowest BCUT2D eigenvalue weighted by Gasteiger charge is -2.25. The van der Waals surface area contributed by atoms with Crippen LogP contribution in [0.25, 0.3) is 11.2 Å². The zero-order valence-electron chi connectivity index (χ0n) is 14.3. The zero-order chi connectivity index (χ0) is 17.4. The van der Waals surface area contributed by atoms with Crippen molar-refractivity contribution in [2.45, 2.75) is 25.4 Å². The van der Waals surface area contributed by atoms with Gasteiger partial charge < -0.3 is 19.4 Å². The molecule has 3 aromatic heterocycles. The minimum Gasteiger partial charge on any atom is -0.348 e. The smallest absolute Gasteiger partial charge is 0.242 e. The third kappa shape index (κ3) is 3.04. The number of fused-ring (bicyclic) bond motifs is 1. The molecule has 1 fully saturated rings. The van der Waals surface area contributed by atoms with Crippen molar-refractivity contribution in [1.29, 1.82) is 0 Å². The van der Waals surface area contributed by atoms with Gasteiger partial charge in [0.1, 0.15) is 17.7 Å². The van der Waals surface area contributed by atoms with Crippen LogP contribution in [-0.2, 0) is 18.4 Å². The van der Waals surface area contributed by atoms with Gasteiger partial charge in [-0.05, 0) is 12.8 Å². The van der Waals surface area contributed by atoms with Crippen molar-refractivity contribution in [1.82, 2.24) is 34.4 Å². The number of rotatable bonds is 6. The van der Waals surface area contributed by atoms with Crippen LogP contribution in [-0.4, -0.2) is 59.9 Å². The molecule has 0 aromatic carbocycles. The molecule has 1 amide bonds. The maximum atomic E-state index is 12.9. The maximum absolute atomic E-state index is 12.9. The number of aromatic amines is 1. The van der Waals surface area contributed by atoms with E-state index in [0.717, 1.165) is 24.2 Å². The molecule has 9 heteroatoms. The lowest BCUT2D eigenvalue weighted by Crippen LogP contribution is -2.40. The van der Waals surface area contributed by atoms with Crippen LogP contribution in [0.5, 0.6) is 0 Å². The molecule has 3 aromatic rings. The first-order chi connectivity index (χ1) is 12.1. The van der Waals surface area contributed by atoms with Gasteiger partial charge in [-0.1, -0.05) is 0 Å². The van der Waals surface area contributed by atoms with Crippen LogP contribution in [0.4, 0.5) is 5.82 Å². The van der Waals surface area contributed by atoms with Crippen molar-refractivity contribution in [2.24, 2.45) is 7.05 Å². The lowest BCUT2D eigenvalue weighted by molar-refractivity contribution is -0.131. The Labute approximate surface area is 144 Å². The summed E-state index contributed by atoms with van der Waals surface area (Å²) in [6.07, 6.45) is 8.80. The Morgan fingerprint density at radius 2 is 2.16 bits per heavy atom. The van der Waals surface area contributed by atoms with E-state index in [0.29, 0.717) is 24.1 Å². The van der Waals surface area contributed by atoms with E-state index in [1.54, 1.807) is 12.5 Å². The number of likely N-dealkylation sites (N-methyl/N-ethyl adjacent to an activating group) is 1. The number of anilines is 1. The van der Waals surface area contributed by atoms with Crippen LogP contribution >= 0.6 is 0 Å². The van der Waals surface area contributed by atoms with Gasteiger partial charge in [-0.25, -0.2) is 19.9 Å². The Morgan fingerprint density at radius 3 is 2.88 bits per heavy atom. The van der Waals surface area contributed by atoms with Gasteiger partial charge in [0.25, 0.3) is 0 Å². The zero-order valence-corrected chi connectivity index (χ0v) is 14.3. The van der Waals surface area contributed by atoms with Gasteiger partial charge in [0, 0.05) is 32.5 Å². The SMILES string of the molecule is CN(CC(=O)N(Cc1nccn1C)C1CC1)c1ncnc2nc[nH]c12. The van der Waals surface area contributed by atoms with Gasteiger partial charge in [0.15, 0.2) is 11.5 Å². The first-order valence-electron chi connectivity index (χ1n) is 8.24. The first-order valence-corrected chi connectivity index (χ1v) is 8.24. The summed E-state index contributed by atoms with van der Waals surface area (Å²) < 4.78 is 1.95. The summed E-state index contributed by atoms with van der Waals surface area (Å²) in [5, 5.41) is 0. The Hall–Kier alpha value is -2.97. The third-order valence-electron chi connectivity index (χ3n) is 4.48. The van der Waals surface area contributed by atoms with E-state index < -0.39 is 0 Å². The van der Waals surface area contributed by atoms with Crippen LogP contribution < -0.4 is 4.90 Å². The lowest BCUT2D eigenvalue weighted by atomic mass is 10.3. The molecule has 1 N–H and O–H groups in total. The Bertz CT molecular complexity index is 896. The molecule has 130 valence electrons. The Morgan fingerprint density at radius 1 is 1.32 bits per heavy atom. The second-order valence-electron chi connectivity index (χ2n) is 6.36. The van der Waals surface area contributed by atoms with Crippen molar-refractivity contribution < 1.29 is 4.79 Å². The predicted octanol–water partition coefficient (Wildman–Crippen LogP) is 0.714. The number of aromatic nitrogens is 6. The molecule has 1 saturated carbocycles. The molecule has 0 atom stereocenters. The molecule has 0 aliphatic heterocycles. The predicted molar refractivity (Wildman–Crippen MR) is 91.7 cm³/mol. The van der Waals surface area contributed by atoms with Crippen molar-refractivity contribution in [2.75, 3.05) is 18.5 Å². The molecule has 0 spiro atoms. The van der Waals surface area contributed by atoms with E-state index in [9.17, 15) is 4.79 Å².